The molecule has 3 aromatic carbocycles. The number of nitrogens with one attached hydrogen (secondary N) is 2. The lowest BCUT2D eigenvalue weighted by Gasteiger charge is -2.29. The highest BCUT2D eigenvalue weighted by Crippen LogP contribution is 2.37. The second-order valence-electron chi connectivity index (χ2n) is 8.28. The molecule has 1 aromatic heterocycles. The van der Waals surface area contributed by atoms with Crippen molar-refractivity contribution in [1.29, 1.82) is 0 Å². The fourth-order valence-electron chi connectivity index (χ4n) is 4.14. The first-order valence-electron chi connectivity index (χ1n) is 11.1. The zero-order valence-corrected chi connectivity index (χ0v) is 19.2. The molecule has 2 N–H and O–H groups in total. The maximum atomic E-state index is 13.6. The van der Waals surface area contributed by atoms with Gasteiger partial charge >= 0.3 is 0 Å². The fraction of sp³-hybridized carbons (Fsp3) is 0.148. The van der Waals surface area contributed by atoms with Crippen LogP contribution in [0.25, 0.3) is 0 Å². The number of nitrogens with zero attached hydrogens (tertiary/aromatic N) is 3. The molecule has 1 aliphatic heterocycles. The molecule has 7 heteroatoms. The van der Waals surface area contributed by atoms with E-state index in [-0.39, 0.29) is 5.91 Å². The smallest absolute Gasteiger partial charge is 0.255 e. The highest BCUT2D eigenvalue weighted by Gasteiger charge is 2.33. The number of hydrogen-bond donors (Lipinski definition) is 2. The topological polar surface area (TPSA) is 81.1 Å². The van der Waals surface area contributed by atoms with Gasteiger partial charge in [-0.05, 0) is 67.8 Å². The molecule has 2 heterocycles. The zero-order chi connectivity index (χ0) is 23.7. The van der Waals surface area contributed by atoms with Crippen LogP contribution >= 0.6 is 0 Å². The van der Waals surface area contributed by atoms with Crippen LogP contribution in [-0.2, 0) is 4.79 Å². The van der Waals surface area contributed by atoms with Gasteiger partial charge in [0.05, 0.1) is 5.57 Å². The lowest BCUT2D eigenvalue weighted by atomic mass is 9.94. The molecule has 170 valence electrons. The van der Waals surface area contributed by atoms with Gasteiger partial charge in [-0.2, -0.15) is 10.1 Å². The second-order valence-corrected chi connectivity index (χ2v) is 8.28. The number of rotatable bonds is 5. The van der Waals surface area contributed by atoms with E-state index >= 15 is 0 Å². The van der Waals surface area contributed by atoms with Crippen LogP contribution in [0.2, 0.25) is 0 Å². The van der Waals surface area contributed by atoms with E-state index in [4.69, 9.17) is 4.74 Å². The molecular weight excluding hydrogens is 426 g/mol. The third-order valence-corrected chi connectivity index (χ3v) is 6.04. The van der Waals surface area contributed by atoms with Gasteiger partial charge in [-0.15, -0.1) is 0 Å². The number of carbonyl (C=O) groups excluding carboxylic acids is 1. The molecule has 0 bridgehead atoms. The number of anilines is 2. The van der Waals surface area contributed by atoms with E-state index in [2.05, 4.69) is 20.7 Å². The first-order valence-corrected chi connectivity index (χ1v) is 11.1. The number of aromatic nitrogens is 3. The van der Waals surface area contributed by atoms with Crippen molar-refractivity contribution in [2.75, 3.05) is 10.6 Å². The lowest BCUT2D eigenvalue weighted by molar-refractivity contribution is -0.113. The van der Waals surface area contributed by atoms with Crippen LogP contribution in [0.3, 0.4) is 0 Å². The predicted octanol–water partition coefficient (Wildman–Crippen LogP) is 5.61. The van der Waals surface area contributed by atoms with E-state index in [0.717, 1.165) is 33.8 Å². The molecule has 0 spiro atoms. The number of aryl methyl sites for hydroxylation is 1. The minimum atomic E-state index is -0.469. The van der Waals surface area contributed by atoms with Crippen molar-refractivity contribution >= 4 is 17.5 Å². The van der Waals surface area contributed by atoms with Crippen molar-refractivity contribution in [3.8, 4) is 11.5 Å². The summed E-state index contributed by atoms with van der Waals surface area (Å²) in [5.74, 6) is 1.81. The average Bonchev–Trinajstić information content (AvgIpc) is 3.30. The van der Waals surface area contributed by atoms with Gasteiger partial charge in [-0.25, -0.2) is 4.68 Å². The summed E-state index contributed by atoms with van der Waals surface area (Å²) in [6, 6.07) is 22.7. The van der Waals surface area contributed by atoms with Gasteiger partial charge in [-0.3, -0.25) is 4.79 Å². The Bertz CT molecular complexity index is 1390. The summed E-state index contributed by atoms with van der Waals surface area (Å²) in [7, 11) is 0. The first-order chi connectivity index (χ1) is 16.5. The Morgan fingerprint density at radius 2 is 1.74 bits per heavy atom. The molecule has 34 heavy (non-hydrogen) atoms. The maximum Gasteiger partial charge on any atom is 0.255 e. The van der Waals surface area contributed by atoms with Crippen LogP contribution < -0.4 is 15.4 Å². The predicted molar refractivity (Wildman–Crippen MR) is 132 cm³/mol. The molecule has 5 rings (SSSR count). The van der Waals surface area contributed by atoms with E-state index in [1.54, 1.807) is 4.68 Å². The van der Waals surface area contributed by atoms with E-state index in [1.807, 2.05) is 93.6 Å². The number of allylic oxidation sites excluding steroid dienone is 1. The van der Waals surface area contributed by atoms with Crippen molar-refractivity contribution in [2.45, 2.75) is 26.8 Å². The fourth-order valence-corrected chi connectivity index (χ4v) is 4.14. The van der Waals surface area contributed by atoms with Crippen molar-refractivity contribution in [3.63, 3.8) is 0 Å². The number of para-hydroxylation sites is 1. The SMILES string of the molecule is CC1=C(C(=O)Nc2cccc(C)c2C)C(c2cccc(Oc3ccccc3)c2)n2ncnc2N1. The third-order valence-electron chi connectivity index (χ3n) is 6.04. The average molecular weight is 452 g/mol. The van der Waals surface area contributed by atoms with Crippen LogP contribution in [0.4, 0.5) is 11.6 Å². The molecule has 0 fully saturated rings. The largest absolute Gasteiger partial charge is 0.457 e. The van der Waals surface area contributed by atoms with E-state index in [9.17, 15) is 4.79 Å². The number of carbonyl (C=O) groups is 1. The number of ether oxygens (including phenoxy) is 1. The molecule has 1 aliphatic rings. The van der Waals surface area contributed by atoms with Crippen LogP contribution in [0.5, 0.6) is 11.5 Å². The number of fused-ring (bicyclic) bond motifs is 1. The van der Waals surface area contributed by atoms with Crippen molar-refractivity contribution < 1.29 is 9.53 Å². The molecular formula is C27H25N5O2. The normalized spacial score (nSPS) is 14.9. The number of amides is 1. The lowest BCUT2D eigenvalue weighted by Crippen LogP contribution is -2.31. The van der Waals surface area contributed by atoms with Crippen LogP contribution in [0, 0.1) is 13.8 Å². The van der Waals surface area contributed by atoms with Gasteiger partial charge in [0.25, 0.3) is 5.91 Å². The summed E-state index contributed by atoms with van der Waals surface area (Å²) in [6.07, 6.45) is 1.48. The van der Waals surface area contributed by atoms with Gasteiger partial charge in [0, 0.05) is 11.4 Å². The Labute approximate surface area is 198 Å². The maximum absolute atomic E-state index is 13.6. The first kappa shape index (κ1) is 21.5. The third kappa shape index (κ3) is 4.03. The highest BCUT2D eigenvalue weighted by molar-refractivity contribution is 6.06. The zero-order valence-electron chi connectivity index (χ0n) is 19.2. The summed E-state index contributed by atoms with van der Waals surface area (Å²) in [5, 5.41) is 10.7. The molecule has 1 unspecified atom stereocenters. The standard InChI is InChI=1S/C27H25N5O2/c1-17-9-7-14-23(18(17)2)31-26(33)24-19(3)30-27-28-16-29-32(27)25(24)20-10-8-13-22(15-20)34-21-11-5-4-6-12-21/h4-16,25H,1-3H3,(H,31,33)(H,28,29,30). The molecule has 1 amide bonds. The Morgan fingerprint density at radius 1 is 0.971 bits per heavy atom. The molecule has 0 saturated heterocycles. The van der Waals surface area contributed by atoms with Crippen molar-refractivity contribution in [1.82, 2.24) is 14.8 Å². The van der Waals surface area contributed by atoms with Gasteiger partial charge in [0.2, 0.25) is 5.95 Å². The minimum Gasteiger partial charge on any atom is -0.457 e. The Hall–Kier alpha value is -4.39. The Balaban J connectivity index is 1.53. The van der Waals surface area contributed by atoms with E-state index < -0.39 is 6.04 Å². The molecule has 1 atom stereocenters. The quantitative estimate of drug-likeness (QED) is 0.412. The molecule has 0 saturated carbocycles. The summed E-state index contributed by atoms with van der Waals surface area (Å²) in [5.41, 5.74) is 5.10. The number of hydrogen-bond acceptors (Lipinski definition) is 5. The molecule has 0 radical (unpaired) electrons. The molecule has 4 aromatic rings. The van der Waals surface area contributed by atoms with Gasteiger partial charge < -0.3 is 15.4 Å². The van der Waals surface area contributed by atoms with Crippen LogP contribution in [0.15, 0.2) is 90.4 Å². The van der Waals surface area contributed by atoms with Crippen molar-refractivity contribution in [2.24, 2.45) is 0 Å². The summed E-state index contributed by atoms with van der Waals surface area (Å²) < 4.78 is 7.78. The van der Waals surface area contributed by atoms with Crippen LogP contribution in [0.1, 0.15) is 29.7 Å². The summed E-state index contributed by atoms with van der Waals surface area (Å²) >= 11 is 0. The Morgan fingerprint density at radius 3 is 2.56 bits per heavy atom. The highest BCUT2D eigenvalue weighted by atomic mass is 16.5. The summed E-state index contributed by atoms with van der Waals surface area (Å²) in [4.78, 5) is 18.0. The van der Waals surface area contributed by atoms with E-state index in [0.29, 0.717) is 17.3 Å². The number of benzene rings is 3. The molecule has 7 nitrogen and oxygen atoms in total. The Kier molecular flexibility index (Phi) is 5.59. The molecule has 0 aliphatic carbocycles. The van der Waals surface area contributed by atoms with Gasteiger partial charge in [0.15, 0.2) is 0 Å². The summed E-state index contributed by atoms with van der Waals surface area (Å²) in [6.45, 7) is 5.91. The van der Waals surface area contributed by atoms with Gasteiger partial charge in [0.1, 0.15) is 23.9 Å². The minimum absolute atomic E-state index is 0.195. The monoisotopic (exact) mass is 451 g/mol. The second kappa shape index (κ2) is 8.86. The van der Waals surface area contributed by atoms with Crippen molar-refractivity contribution in [3.05, 3.63) is 107 Å². The van der Waals surface area contributed by atoms with E-state index in [1.165, 1.54) is 6.33 Å². The van der Waals surface area contributed by atoms with Gasteiger partial charge in [-0.1, -0.05) is 42.5 Å². The van der Waals surface area contributed by atoms with Crippen LogP contribution in [-0.4, -0.2) is 20.7 Å².